The predicted molar refractivity (Wildman–Crippen MR) is 112 cm³/mol. The van der Waals surface area contributed by atoms with Crippen LogP contribution in [0.3, 0.4) is 0 Å². The molecule has 2 aliphatic rings. The van der Waals surface area contributed by atoms with Crippen molar-refractivity contribution in [2.45, 2.75) is 37.8 Å². The van der Waals surface area contributed by atoms with Crippen LogP contribution >= 0.6 is 0 Å². The van der Waals surface area contributed by atoms with Crippen LogP contribution in [0.1, 0.15) is 24.0 Å². The molecule has 0 spiro atoms. The number of aliphatic imine (C=N–C) groups is 2. The minimum Gasteiger partial charge on any atom is -0.463 e. The summed E-state index contributed by atoms with van der Waals surface area (Å²) >= 11 is 0. The maximum Gasteiger partial charge on any atom is 0.282 e. The lowest BCUT2D eigenvalue weighted by molar-refractivity contribution is 0.308. The summed E-state index contributed by atoms with van der Waals surface area (Å²) in [6.45, 7) is 1.28. The van der Waals surface area contributed by atoms with Gasteiger partial charge in [-0.15, -0.1) is 0 Å². The molecule has 6 nitrogen and oxygen atoms in total. The lowest BCUT2D eigenvalue weighted by atomic mass is 10.1. The monoisotopic (exact) mass is 380 g/mol. The normalized spacial score (nSPS) is 20.3. The fourth-order valence-electron chi connectivity index (χ4n) is 3.12. The highest BCUT2D eigenvalue weighted by molar-refractivity contribution is 5.73. The van der Waals surface area contributed by atoms with Gasteiger partial charge < -0.3 is 20.9 Å². The highest BCUT2D eigenvalue weighted by Gasteiger charge is 2.16. The molecule has 0 bridgehead atoms. The van der Waals surface area contributed by atoms with E-state index in [9.17, 15) is 0 Å². The number of rotatable bonds is 6. The van der Waals surface area contributed by atoms with E-state index in [2.05, 4.69) is 58.5 Å². The predicted octanol–water partition coefficient (Wildman–Crippen LogP) is 2.67. The molecule has 0 saturated carbocycles. The molecule has 0 fully saturated rings. The Morgan fingerprint density at radius 2 is 1.07 bits per heavy atom. The number of ether oxygens (including phenoxy) is 2. The van der Waals surface area contributed by atoms with Crippen LogP contribution in [0.25, 0.3) is 0 Å². The fourth-order valence-corrected chi connectivity index (χ4v) is 3.12. The van der Waals surface area contributed by atoms with Crippen molar-refractivity contribution in [2.75, 3.05) is 13.2 Å². The standard InChI is InChI=1S/2C11H14N2O/c2*12-11-13-10(8-14-11)7-6-9-4-2-1-3-5-9/h2*1-5,10H,6-8H2,(H2,12,13)/t2*10-/m10/s1. The molecule has 2 aromatic rings. The molecule has 0 saturated heterocycles. The third-order valence-electron chi connectivity index (χ3n) is 4.68. The van der Waals surface area contributed by atoms with Crippen LogP contribution in [0.4, 0.5) is 0 Å². The zero-order valence-corrected chi connectivity index (χ0v) is 16.0. The molecule has 0 unspecified atom stereocenters. The Morgan fingerprint density at radius 1 is 0.679 bits per heavy atom. The second-order valence-corrected chi connectivity index (χ2v) is 6.91. The average molecular weight is 380 g/mol. The number of nitrogens with zero attached hydrogens (tertiary/aromatic N) is 2. The Morgan fingerprint density at radius 3 is 1.39 bits per heavy atom. The van der Waals surface area contributed by atoms with E-state index in [0.717, 1.165) is 25.7 Å². The second kappa shape index (κ2) is 10.3. The second-order valence-electron chi connectivity index (χ2n) is 6.91. The summed E-state index contributed by atoms with van der Waals surface area (Å²) in [7, 11) is 0. The van der Waals surface area contributed by atoms with Crippen LogP contribution in [-0.4, -0.2) is 37.3 Å². The molecular formula is C22H28N4O2. The van der Waals surface area contributed by atoms with Gasteiger partial charge in [-0.3, -0.25) is 0 Å². The van der Waals surface area contributed by atoms with Gasteiger partial charge in [0.1, 0.15) is 13.2 Å². The minimum atomic E-state index is 0.246. The fraction of sp³-hybridized carbons (Fsp3) is 0.364. The van der Waals surface area contributed by atoms with Gasteiger partial charge >= 0.3 is 0 Å². The van der Waals surface area contributed by atoms with Crippen LogP contribution in [-0.2, 0) is 22.3 Å². The number of hydrogen-bond acceptors (Lipinski definition) is 6. The van der Waals surface area contributed by atoms with Crippen LogP contribution in [0.2, 0.25) is 0 Å². The quantitative estimate of drug-likeness (QED) is 0.805. The number of amidine groups is 2. The summed E-state index contributed by atoms with van der Waals surface area (Å²) in [4.78, 5) is 8.35. The molecule has 2 heterocycles. The molecule has 0 amide bonds. The van der Waals surface area contributed by atoms with Gasteiger partial charge in [0.2, 0.25) is 0 Å². The largest absolute Gasteiger partial charge is 0.463 e. The van der Waals surface area contributed by atoms with E-state index in [1.165, 1.54) is 11.1 Å². The van der Waals surface area contributed by atoms with Gasteiger partial charge in [-0.2, -0.15) is 0 Å². The van der Waals surface area contributed by atoms with E-state index in [4.69, 9.17) is 20.9 Å². The zero-order valence-electron chi connectivity index (χ0n) is 16.0. The number of benzene rings is 2. The smallest absolute Gasteiger partial charge is 0.282 e. The molecule has 6 heteroatoms. The molecular weight excluding hydrogens is 352 g/mol. The maximum atomic E-state index is 5.42. The molecule has 0 radical (unpaired) electrons. The molecule has 0 aromatic heterocycles. The Kier molecular flexibility index (Phi) is 7.29. The van der Waals surface area contributed by atoms with Gasteiger partial charge in [-0.1, -0.05) is 60.7 Å². The first-order chi connectivity index (χ1) is 13.7. The topological polar surface area (TPSA) is 95.2 Å². The first-order valence-corrected chi connectivity index (χ1v) is 9.69. The van der Waals surface area contributed by atoms with Crippen molar-refractivity contribution in [2.24, 2.45) is 21.5 Å². The van der Waals surface area contributed by atoms with Gasteiger partial charge in [0, 0.05) is 0 Å². The Bertz CT molecular complexity index is 710. The van der Waals surface area contributed by atoms with Crippen LogP contribution in [0.5, 0.6) is 0 Å². The van der Waals surface area contributed by atoms with Crippen LogP contribution < -0.4 is 11.5 Å². The number of aryl methyl sites for hydroxylation is 2. The van der Waals surface area contributed by atoms with E-state index in [1.807, 2.05) is 12.1 Å². The SMILES string of the molecule is NC1=N[C@@H](CCc2ccccc2)CO1.NC1=N[C@H](CCc2ccccc2)CO1. The number of nitrogens with two attached hydrogens (primary N) is 2. The van der Waals surface area contributed by atoms with Crippen molar-refractivity contribution in [1.29, 1.82) is 0 Å². The maximum absolute atomic E-state index is 5.42. The van der Waals surface area contributed by atoms with Gasteiger partial charge in [0.25, 0.3) is 12.0 Å². The molecule has 2 atom stereocenters. The highest BCUT2D eigenvalue weighted by atomic mass is 16.5. The highest BCUT2D eigenvalue weighted by Crippen LogP contribution is 2.12. The summed E-state index contributed by atoms with van der Waals surface area (Å²) in [5, 5.41) is 0. The Balaban J connectivity index is 0.000000161. The zero-order chi connectivity index (χ0) is 19.6. The van der Waals surface area contributed by atoms with Crippen molar-refractivity contribution in [1.82, 2.24) is 0 Å². The van der Waals surface area contributed by atoms with E-state index in [-0.39, 0.29) is 12.1 Å². The van der Waals surface area contributed by atoms with Gasteiger partial charge in [-0.25, -0.2) is 9.98 Å². The van der Waals surface area contributed by atoms with E-state index >= 15 is 0 Å². The molecule has 28 heavy (non-hydrogen) atoms. The molecule has 4 rings (SSSR count). The van der Waals surface area contributed by atoms with Crippen molar-refractivity contribution < 1.29 is 9.47 Å². The van der Waals surface area contributed by atoms with Gasteiger partial charge in [0.05, 0.1) is 12.1 Å². The minimum absolute atomic E-state index is 0.246. The van der Waals surface area contributed by atoms with Crippen molar-refractivity contribution in [3.8, 4) is 0 Å². The molecule has 4 N–H and O–H groups in total. The van der Waals surface area contributed by atoms with E-state index < -0.39 is 0 Å². The lowest BCUT2D eigenvalue weighted by Crippen LogP contribution is -2.10. The summed E-state index contributed by atoms with van der Waals surface area (Å²) < 4.78 is 10.2. The summed E-state index contributed by atoms with van der Waals surface area (Å²) in [5.74, 6) is 0. The third-order valence-corrected chi connectivity index (χ3v) is 4.68. The average Bonchev–Trinajstić information content (AvgIpc) is 3.35. The number of hydrogen-bond donors (Lipinski definition) is 2. The Hall–Kier alpha value is -3.02. The van der Waals surface area contributed by atoms with E-state index in [1.54, 1.807) is 0 Å². The molecule has 148 valence electrons. The van der Waals surface area contributed by atoms with Gasteiger partial charge in [-0.05, 0) is 36.8 Å². The lowest BCUT2D eigenvalue weighted by Gasteiger charge is -2.04. The molecule has 2 aliphatic heterocycles. The van der Waals surface area contributed by atoms with Gasteiger partial charge in [0.15, 0.2) is 0 Å². The van der Waals surface area contributed by atoms with Crippen LogP contribution in [0.15, 0.2) is 70.6 Å². The molecule has 0 aliphatic carbocycles. The van der Waals surface area contributed by atoms with Crippen molar-refractivity contribution in [3.63, 3.8) is 0 Å². The third kappa shape index (κ3) is 6.61. The first kappa shape index (κ1) is 19.7. The Labute approximate surface area is 166 Å². The summed E-state index contributed by atoms with van der Waals surface area (Å²) in [5.41, 5.74) is 13.5. The summed E-state index contributed by atoms with van der Waals surface area (Å²) in [6.07, 6.45) is 4.08. The first-order valence-electron chi connectivity index (χ1n) is 9.69. The summed E-state index contributed by atoms with van der Waals surface area (Å²) in [6, 6.07) is 21.9. The van der Waals surface area contributed by atoms with Crippen molar-refractivity contribution in [3.05, 3.63) is 71.8 Å². The van der Waals surface area contributed by atoms with Crippen molar-refractivity contribution >= 4 is 12.0 Å². The molecule has 2 aromatic carbocycles. The van der Waals surface area contributed by atoms with Crippen LogP contribution in [0, 0.1) is 0 Å². The van der Waals surface area contributed by atoms with E-state index in [0.29, 0.717) is 25.3 Å².